The summed E-state index contributed by atoms with van der Waals surface area (Å²) < 4.78 is 4.19. The standard InChI is InChI=1S/C16H20N4O2S/c1-4-5-7-18(3)15(21)10-19-16(22)13-9-14-12(6-8-23-14)20(13)11(2)17-19/h6,8-9H,4-5,7,10H2,1-3H3. The zero-order chi connectivity index (χ0) is 16.6. The molecule has 0 N–H and O–H groups in total. The Bertz CT molecular complexity index is 921. The van der Waals surface area contributed by atoms with Gasteiger partial charge in [0.2, 0.25) is 5.91 Å². The molecule has 7 heteroatoms. The van der Waals surface area contributed by atoms with Crippen LogP contribution in [0.3, 0.4) is 0 Å². The van der Waals surface area contributed by atoms with Gasteiger partial charge in [0.05, 0.1) is 10.2 Å². The number of fused-ring (bicyclic) bond motifs is 3. The van der Waals surface area contributed by atoms with Crippen molar-refractivity contribution >= 4 is 33.0 Å². The monoisotopic (exact) mass is 332 g/mol. The lowest BCUT2D eigenvalue weighted by Crippen LogP contribution is -2.36. The zero-order valence-corrected chi connectivity index (χ0v) is 14.4. The third-order valence-electron chi connectivity index (χ3n) is 4.02. The molecular formula is C16H20N4O2S. The highest BCUT2D eigenvalue weighted by Gasteiger charge is 2.16. The molecule has 0 aliphatic carbocycles. The van der Waals surface area contributed by atoms with E-state index in [2.05, 4.69) is 12.0 Å². The topological polar surface area (TPSA) is 59.6 Å². The van der Waals surface area contributed by atoms with Gasteiger partial charge in [-0.3, -0.25) is 14.0 Å². The Balaban J connectivity index is 1.97. The summed E-state index contributed by atoms with van der Waals surface area (Å²) >= 11 is 1.59. The van der Waals surface area contributed by atoms with E-state index in [9.17, 15) is 9.59 Å². The minimum absolute atomic E-state index is 0.0186. The predicted octanol–water partition coefficient (Wildman–Crippen LogP) is 2.28. The first kappa shape index (κ1) is 15.7. The lowest BCUT2D eigenvalue weighted by atomic mass is 10.3. The van der Waals surface area contributed by atoms with Crippen LogP contribution in [0.2, 0.25) is 0 Å². The molecule has 3 rings (SSSR count). The summed E-state index contributed by atoms with van der Waals surface area (Å²) in [5.41, 5.74) is 1.34. The van der Waals surface area contributed by atoms with Crippen LogP contribution in [0.25, 0.3) is 15.7 Å². The van der Waals surface area contributed by atoms with E-state index in [0.717, 1.165) is 23.1 Å². The molecule has 3 aromatic heterocycles. The third kappa shape index (κ3) is 2.76. The number of aromatic nitrogens is 3. The number of amides is 1. The number of carbonyl (C=O) groups is 1. The average Bonchev–Trinajstić information content (AvgIpc) is 3.10. The maximum absolute atomic E-state index is 12.6. The molecule has 0 fully saturated rings. The zero-order valence-electron chi connectivity index (χ0n) is 13.6. The van der Waals surface area contributed by atoms with Crippen LogP contribution in [0.4, 0.5) is 0 Å². The van der Waals surface area contributed by atoms with E-state index in [0.29, 0.717) is 17.9 Å². The number of carbonyl (C=O) groups excluding carboxylic acids is 1. The molecule has 0 bridgehead atoms. The Morgan fingerprint density at radius 3 is 2.91 bits per heavy atom. The quantitative estimate of drug-likeness (QED) is 0.720. The minimum atomic E-state index is -0.226. The van der Waals surface area contributed by atoms with Crippen molar-refractivity contribution in [1.29, 1.82) is 0 Å². The van der Waals surface area contributed by atoms with Gasteiger partial charge in [0.15, 0.2) is 0 Å². The Morgan fingerprint density at radius 2 is 2.17 bits per heavy atom. The molecule has 0 saturated carbocycles. The number of hydrogen-bond donors (Lipinski definition) is 0. The predicted molar refractivity (Wildman–Crippen MR) is 92.1 cm³/mol. The van der Waals surface area contributed by atoms with Crippen molar-refractivity contribution in [3.63, 3.8) is 0 Å². The summed E-state index contributed by atoms with van der Waals surface area (Å²) in [6.45, 7) is 4.62. The highest BCUT2D eigenvalue weighted by molar-refractivity contribution is 7.17. The van der Waals surface area contributed by atoms with Crippen LogP contribution < -0.4 is 5.56 Å². The second-order valence-electron chi connectivity index (χ2n) is 5.71. The van der Waals surface area contributed by atoms with Crippen molar-refractivity contribution < 1.29 is 4.79 Å². The molecule has 122 valence electrons. The van der Waals surface area contributed by atoms with E-state index in [-0.39, 0.29) is 18.0 Å². The van der Waals surface area contributed by atoms with Gasteiger partial charge in [0.1, 0.15) is 17.9 Å². The molecule has 0 aromatic carbocycles. The van der Waals surface area contributed by atoms with Crippen molar-refractivity contribution in [1.82, 2.24) is 19.1 Å². The van der Waals surface area contributed by atoms with E-state index < -0.39 is 0 Å². The van der Waals surface area contributed by atoms with Crippen LogP contribution in [0, 0.1) is 6.92 Å². The summed E-state index contributed by atoms with van der Waals surface area (Å²) in [6.07, 6.45) is 1.99. The first-order chi connectivity index (χ1) is 11.0. The molecule has 3 heterocycles. The molecule has 0 aliphatic rings. The molecule has 0 radical (unpaired) electrons. The van der Waals surface area contributed by atoms with Crippen LogP contribution in [-0.4, -0.2) is 38.6 Å². The maximum Gasteiger partial charge on any atom is 0.291 e. The first-order valence-corrected chi connectivity index (χ1v) is 8.61. The molecule has 0 saturated heterocycles. The fourth-order valence-corrected chi connectivity index (χ4v) is 3.51. The molecule has 0 atom stereocenters. The fourth-order valence-electron chi connectivity index (χ4n) is 2.70. The first-order valence-electron chi connectivity index (χ1n) is 7.73. The highest BCUT2D eigenvalue weighted by Crippen LogP contribution is 2.24. The summed E-state index contributed by atoms with van der Waals surface area (Å²) in [4.78, 5) is 26.6. The number of likely N-dealkylation sites (N-methyl/N-ethyl adjacent to an activating group) is 1. The highest BCUT2D eigenvalue weighted by atomic mass is 32.1. The largest absolute Gasteiger partial charge is 0.344 e. The summed E-state index contributed by atoms with van der Waals surface area (Å²) in [5.74, 6) is 0.613. The fraction of sp³-hybridized carbons (Fsp3) is 0.438. The minimum Gasteiger partial charge on any atom is -0.344 e. The van der Waals surface area contributed by atoms with Crippen LogP contribution in [-0.2, 0) is 11.3 Å². The molecular weight excluding hydrogens is 312 g/mol. The molecule has 0 aliphatic heterocycles. The molecule has 0 spiro atoms. The number of thiophene rings is 1. The van der Waals surface area contributed by atoms with Crippen molar-refractivity contribution in [2.75, 3.05) is 13.6 Å². The average molecular weight is 332 g/mol. The summed E-state index contributed by atoms with van der Waals surface area (Å²) in [6, 6.07) is 3.86. The molecule has 6 nitrogen and oxygen atoms in total. The molecule has 3 aromatic rings. The van der Waals surface area contributed by atoms with Gasteiger partial charge in [0.25, 0.3) is 5.56 Å². The summed E-state index contributed by atoms with van der Waals surface area (Å²) in [5, 5.41) is 6.32. The number of rotatable bonds is 5. The lowest BCUT2D eigenvalue weighted by molar-refractivity contribution is -0.130. The van der Waals surface area contributed by atoms with Gasteiger partial charge in [-0.2, -0.15) is 5.10 Å². The second kappa shape index (κ2) is 6.16. The van der Waals surface area contributed by atoms with E-state index >= 15 is 0 Å². The third-order valence-corrected chi connectivity index (χ3v) is 4.88. The SMILES string of the molecule is CCCCN(C)C(=O)Cn1nc(C)n2c(cc3sccc32)c1=O. The van der Waals surface area contributed by atoms with Crippen molar-refractivity contribution in [2.45, 2.75) is 33.2 Å². The van der Waals surface area contributed by atoms with Crippen LogP contribution in [0.1, 0.15) is 25.6 Å². The summed E-state index contributed by atoms with van der Waals surface area (Å²) in [7, 11) is 1.77. The Hall–Kier alpha value is -2.15. The van der Waals surface area contributed by atoms with Crippen molar-refractivity contribution in [3.8, 4) is 0 Å². The van der Waals surface area contributed by atoms with Crippen molar-refractivity contribution in [2.24, 2.45) is 0 Å². The van der Waals surface area contributed by atoms with E-state index in [1.54, 1.807) is 23.3 Å². The van der Waals surface area contributed by atoms with Gasteiger partial charge < -0.3 is 4.90 Å². The second-order valence-corrected chi connectivity index (χ2v) is 6.66. The molecule has 0 unspecified atom stereocenters. The Labute approximate surface area is 137 Å². The van der Waals surface area contributed by atoms with Gasteiger partial charge in [-0.05, 0) is 30.9 Å². The van der Waals surface area contributed by atoms with Gasteiger partial charge in [-0.15, -0.1) is 11.3 Å². The maximum atomic E-state index is 12.6. The van der Waals surface area contributed by atoms with Crippen LogP contribution in [0.5, 0.6) is 0 Å². The smallest absolute Gasteiger partial charge is 0.291 e. The molecule has 1 amide bonds. The number of hydrogen-bond acceptors (Lipinski definition) is 4. The van der Waals surface area contributed by atoms with Crippen LogP contribution >= 0.6 is 11.3 Å². The van der Waals surface area contributed by atoms with Gasteiger partial charge in [0, 0.05) is 13.6 Å². The molecule has 23 heavy (non-hydrogen) atoms. The number of unbranched alkanes of at least 4 members (excludes halogenated alkanes) is 1. The normalized spacial score (nSPS) is 11.4. The van der Waals surface area contributed by atoms with Gasteiger partial charge >= 0.3 is 0 Å². The lowest BCUT2D eigenvalue weighted by Gasteiger charge is -2.17. The number of nitrogens with zero attached hydrogens (tertiary/aromatic N) is 4. The van der Waals surface area contributed by atoms with Crippen LogP contribution in [0.15, 0.2) is 22.3 Å². The Morgan fingerprint density at radius 1 is 1.39 bits per heavy atom. The van der Waals surface area contributed by atoms with E-state index in [1.165, 1.54) is 4.68 Å². The van der Waals surface area contributed by atoms with Gasteiger partial charge in [-0.25, -0.2) is 4.68 Å². The van der Waals surface area contributed by atoms with E-state index in [1.807, 2.05) is 28.8 Å². The van der Waals surface area contributed by atoms with Crippen molar-refractivity contribution in [3.05, 3.63) is 33.7 Å². The van der Waals surface area contributed by atoms with Gasteiger partial charge in [-0.1, -0.05) is 13.3 Å². The van der Waals surface area contributed by atoms with E-state index in [4.69, 9.17) is 0 Å². The number of aryl methyl sites for hydroxylation is 1. The Kier molecular flexibility index (Phi) is 4.21.